The molecule has 2 aromatic heterocycles. The molecule has 0 saturated heterocycles. The maximum absolute atomic E-state index is 10.2. The first kappa shape index (κ1) is 39.2. The molecule has 0 unspecified atom stereocenters. The second kappa shape index (κ2) is 16.5. The van der Waals surface area contributed by atoms with E-state index in [0.717, 1.165) is 66.4 Å². The zero-order chi connectivity index (χ0) is 44.4. The Hall–Kier alpha value is -9.98. The zero-order valence-electron chi connectivity index (χ0n) is 34.3. The van der Waals surface area contributed by atoms with E-state index in [1.54, 1.807) is 12.1 Å². The number of benzene rings is 8. The number of hydrogen-bond donors (Lipinski definition) is 0. The van der Waals surface area contributed by atoms with Crippen LogP contribution in [-0.2, 0) is 0 Å². The molecule has 0 spiro atoms. The molecule has 0 radical (unpaired) electrons. The molecule has 0 saturated carbocycles. The van der Waals surface area contributed by atoms with E-state index < -0.39 is 0 Å². The number of aromatic nitrogens is 4. The van der Waals surface area contributed by atoms with Gasteiger partial charge >= 0.3 is 0 Å². The van der Waals surface area contributed by atoms with Crippen LogP contribution in [0.1, 0.15) is 11.1 Å². The first-order chi connectivity index (χ1) is 32.0. The summed E-state index contributed by atoms with van der Waals surface area (Å²) in [6, 6.07) is 60.4. The van der Waals surface area contributed by atoms with Crippen molar-refractivity contribution in [3.8, 4) is 85.4 Å². The van der Waals surface area contributed by atoms with Crippen LogP contribution in [-0.4, -0.2) is 19.5 Å². The standard InChI is InChI=1S/C56H29N9/c1-59-43-25-22-37(23-26-43)47-31-41(56-63-54(38-12-6-4-7-13-38)62-55(64-56)39-14-8-5-9-15-39)30-46(36-20-18-35(33-57)19-21-36)53(47)65-50-17-11-10-16-45(50)48-29-40(24-27-51(48)65)52-42(34-58)28-44(60-2)32-49(52)61-3/h4-32H. The first-order valence-electron chi connectivity index (χ1n) is 20.4. The van der Waals surface area contributed by atoms with Crippen LogP contribution in [0.3, 0.4) is 0 Å². The quantitative estimate of drug-likeness (QED) is 0.149. The maximum atomic E-state index is 10.2. The molecule has 298 valence electrons. The molecular weight excluding hydrogens is 799 g/mol. The lowest BCUT2D eigenvalue weighted by Crippen LogP contribution is -2.04. The predicted octanol–water partition coefficient (Wildman–Crippen LogP) is 14.4. The van der Waals surface area contributed by atoms with Gasteiger partial charge in [-0.25, -0.2) is 29.5 Å². The van der Waals surface area contributed by atoms with Crippen LogP contribution >= 0.6 is 0 Å². The van der Waals surface area contributed by atoms with Crippen molar-refractivity contribution in [2.24, 2.45) is 0 Å². The Morgan fingerprint density at radius 2 is 0.969 bits per heavy atom. The highest BCUT2D eigenvalue weighted by atomic mass is 15.0. The van der Waals surface area contributed by atoms with Crippen LogP contribution < -0.4 is 0 Å². The minimum absolute atomic E-state index is 0.228. The van der Waals surface area contributed by atoms with Gasteiger partial charge in [0.05, 0.1) is 54.1 Å². The van der Waals surface area contributed by atoms with Crippen LogP contribution in [0.4, 0.5) is 17.1 Å². The fourth-order valence-corrected chi connectivity index (χ4v) is 8.35. The molecule has 10 aromatic rings. The van der Waals surface area contributed by atoms with Gasteiger partial charge in [-0.2, -0.15) is 10.5 Å². The monoisotopic (exact) mass is 827 g/mol. The SMILES string of the molecule is [C-]#[N+]c1ccc(-c2cc(-c3nc(-c4ccccc4)nc(-c4ccccc4)n3)cc(-c3ccc(C#N)cc3)c2-n2c3ccccc3c3cc(-c4c(C#N)cc([N+]#[C-])cc4[N+]#[C-])ccc32)cc1. The largest absolute Gasteiger partial charge is 0.308 e. The third-order valence-corrected chi connectivity index (χ3v) is 11.4. The van der Waals surface area contributed by atoms with Gasteiger partial charge in [0.15, 0.2) is 34.5 Å². The van der Waals surface area contributed by atoms with Gasteiger partial charge in [-0.1, -0.05) is 127 Å². The molecule has 0 aliphatic carbocycles. The Kier molecular flexibility index (Phi) is 9.93. The van der Waals surface area contributed by atoms with E-state index in [-0.39, 0.29) is 16.9 Å². The minimum Gasteiger partial charge on any atom is -0.308 e. The highest BCUT2D eigenvalue weighted by Crippen LogP contribution is 2.46. The van der Waals surface area contributed by atoms with Crippen molar-refractivity contribution in [1.29, 1.82) is 10.5 Å². The average Bonchev–Trinajstić information content (AvgIpc) is 3.71. The molecule has 0 amide bonds. The van der Waals surface area contributed by atoms with E-state index in [4.69, 9.17) is 34.7 Å². The lowest BCUT2D eigenvalue weighted by atomic mass is 9.92. The van der Waals surface area contributed by atoms with Crippen molar-refractivity contribution in [3.63, 3.8) is 0 Å². The second-order valence-corrected chi connectivity index (χ2v) is 15.1. The molecule has 0 aliphatic rings. The lowest BCUT2D eigenvalue weighted by Gasteiger charge is -2.21. The van der Waals surface area contributed by atoms with Crippen molar-refractivity contribution in [2.75, 3.05) is 0 Å². The fourth-order valence-electron chi connectivity index (χ4n) is 8.35. The Balaban J connectivity index is 1.31. The highest BCUT2D eigenvalue weighted by Gasteiger charge is 2.24. The number of rotatable bonds is 7. The summed E-state index contributed by atoms with van der Waals surface area (Å²) in [4.78, 5) is 26.1. The number of nitriles is 2. The average molecular weight is 828 g/mol. The molecular formula is C56H29N9. The summed E-state index contributed by atoms with van der Waals surface area (Å²) in [5, 5.41) is 21.9. The first-order valence-corrected chi connectivity index (χ1v) is 20.4. The van der Waals surface area contributed by atoms with Crippen LogP contribution in [0.2, 0.25) is 0 Å². The van der Waals surface area contributed by atoms with Gasteiger partial charge in [-0.05, 0) is 65.2 Å². The molecule has 8 aromatic carbocycles. The van der Waals surface area contributed by atoms with E-state index >= 15 is 0 Å². The van der Waals surface area contributed by atoms with E-state index in [1.165, 1.54) is 12.1 Å². The van der Waals surface area contributed by atoms with Crippen molar-refractivity contribution < 1.29 is 0 Å². The molecule has 9 heteroatoms. The third kappa shape index (κ3) is 7.05. The fraction of sp³-hybridized carbons (Fsp3) is 0. The van der Waals surface area contributed by atoms with Gasteiger partial charge in [0.2, 0.25) is 0 Å². The number of hydrogen-bond acceptors (Lipinski definition) is 5. The topological polar surface area (TPSA) is 104 Å². The van der Waals surface area contributed by atoms with Crippen molar-refractivity contribution in [3.05, 3.63) is 221 Å². The zero-order valence-corrected chi connectivity index (χ0v) is 34.3. The van der Waals surface area contributed by atoms with Gasteiger partial charge in [0, 0.05) is 49.7 Å². The van der Waals surface area contributed by atoms with Crippen LogP contribution in [0.25, 0.3) is 110 Å². The summed E-state index contributed by atoms with van der Waals surface area (Å²) in [6.45, 7) is 23.3. The van der Waals surface area contributed by atoms with Gasteiger partial charge in [-0.15, -0.1) is 0 Å². The van der Waals surface area contributed by atoms with Crippen LogP contribution in [0.15, 0.2) is 176 Å². The summed E-state index contributed by atoms with van der Waals surface area (Å²) in [5.74, 6) is 1.49. The highest BCUT2D eigenvalue weighted by molar-refractivity contribution is 6.12. The molecule has 2 heterocycles. The van der Waals surface area contributed by atoms with Crippen molar-refractivity contribution >= 4 is 38.9 Å². The number of nitrogens with zero attached hydrogens (tertiary/aromatic N) is 9. The second-order valence-electron chi connectivity index (χ2n) is 15.1. The summed E-state index contributed by atoms with van der Waals surface area (Å²) in [7, 11) is 0. The van der Waals surface area contributed by atoms with E-state index in [0.29, 0.717) is 39.9 Å². The van der Waals surface area contributed by atoms with E-state index in [9.17, 15) is 10.5 Å². The molecule has 10 rings (SSSR count). The van der Waals surface area contributed by atoms with E-state index in [2.05, 4.69) is 55.5 Å². The van der Waals surface area contributed by atoms with Crippen LogP contribution in [0, 0.1) is 42.4 Å². The van der Waals surface area contributed by atoms with Gasteiger partial charge < -0.3 is 4.57 Å². The molecule has 9 nitrogen and oxygen atoms in total. The van der Waals surface area contributed by atoms with Gasteiger partial charge in [0.1, 0.15) is 0 Å². The normalized spacial score (nSPS) is 10.7. The summed E-state index contributed by atoms with van der Waals surface area (Å²) < 4.78 is 2.23. The minimum atomic E-state index is 0.228. The van der Waals surface area contributed by atoms with Gasteiger partial charge in [-0.3, -0.25) is 0 Å². The molecule has 0 N–H and O–H groups in total. The predicted molar refractivity (Wildman–Crippen MR) is 255 cm³/mol. The van der Waals surface area contributed by atoms with Crippen molar-refractivity contribution in [2.45, 2.75) is 0 Å². The molecule has 65 heavy (non-hydrogen) atoms. The van der Waals surface area contributed by atoms with Gasteiger partial charge in [0.25, 0.3) is 0 Å². The Bertz CT molecular complexity index is 3570. The third-order valence-electron chi connectivity index (χ3n) is 11.4. The molecule has 0 fully saturated rings. The lowest BCUT2D eigenvalue weighted by molar-refractivity contribution is 1.07. The smallest absolute Gasteiger partial charge is 0.187 e. The summed E-state index contributed by atoms with van der Waals surface area (Å²) in [6.07, 6.45) is 0. The Morgan fingerprint density at radius 1 is 0.431 bits per heavy atom. The molecule has 0 bridgehead atoms. The Morgan fingerprint density at radius 3 is 1.54 bits per heavy atom. The molecule has 0 atom stereocenters. The van der Waals surface area contributed by atoms with Crippen LogP contribution in [0.5, 0.6) is 0 Å². The number of para-hydroxylation sites is 1. The summed E-state index contributed by atoms with van der Waals surface area (Å²) >= 11 is 0. The maximum Gasteiger partial charge on any atom is 0.187 e. The summed E-state index contributed by atoms with van der Waals surface area (Å²) in [5.41, 5.74) is 11.2. The number of fused-ring (bicyclic) bond motifs is 3. The Labute approximate surface area is 374 Å². The van der Waals surface area contributed by atoms with E-state index in [1.807, 2.05) is 127 Å². The molecule has 0 aliphatic heterocycles. The van der Waals surface area contributed by atoms with Crippen molar-refractivity contribution in [1.82, 2.24) is 19.5 Å².